The van der Waals surface area contributed by atoms with Crippen LogP contribution in [0.1, 0.15) is 25.0 Å². The maximum atomic E-state index is 11.2. The molecule has 2 N–H and O–H groups in total. The normalized spacial score (nSPS) is 10.1. The highest BCUT2D eigenvalue weighted by Crippen LogP contribution is 2.17. The van der Waals surface area contributed by atoms with Gasteiger partial charge in [-0.15, -0.1) is 0 Å². The monoisotopic (exact) mass is 268 g/mol. The fraction of sp³-hybridized carbons (Fsp3) is 0.235. The quantitative estimate of drug-likeness (QED) is 0.865. The van der Waals surface area contributed by atoms with Crippen LogP contribution in [-0.2, 0) is 17.8 Å². The van der Waals surface area contributed by atoms with Gasteiger partial charge in [0.25, 0.3) is 0 Å². The lowest BCUT2D eigenvalue weighted by Crippen LogP contribution is -2.10. The van der Waals surface area contributed by atoms with Gasteiger partial charge in [0.15, 0.2) is 0 Å². The van der Waals surface area contributed by atoms with Gasteiger partial charge in [0, 0.05) is 24.8 Å². The van der Waals surface area contributed by atoms with Gasteiger partial charge in [0.05, 0.1) is 0 Å². The summed E-state index contributed by atoms with van der Waals surface area (Å²) in [5.41, 5.74) is 4.34. The smallest absolute Gasteiger partial charge is 0.221 e. The largest absolute Gasteiger partial charge is 0.381 e. The molecule has 104 valence electrons. The number of anilines is 2. The van der Waals surface area contributed by atoms with E-state index in [2.05, 4.69) is 41.8 Å². The van der Waals surface area contributed by atoms with Crippen molar-refractivity contribution in [1.82, 2.24) is 0 Å². The number of nitrogens with one attached hydrogen (secondary N) is 2. The molecular formula is C17H20N2O. The SMILES string of the molecule is CCc1ccc(NCc2ccccc2NC(C)=O)cc1. The second kappa shape index (κ2) is 6.75. The standard InChI is InChI=1S/C17H20N2O/c1-3-14-8-10-16(11-9-14)18-12-15-6-4-5-7-17(15)19-13(2)20/h4-11,18H,3,12H2,1-2H3,(H,19,20). The highest BCUT2D eigenvalue weighted by atomic mass is 16.1. The molecule has 0 aliphatic heterocycles. The molecular weight excluding hydrogens is 248 g/mol. The number of benzene rings is 2. The number of hydrogen-bond acceptors (Lipinski definition) is 2. The van der Waals surface area contributed by atoms with Crippen LogP contribution < -0.4 is 10.6 Å². The number of rotatable bonds is 5. The van der Waals surface area contributed by atoms with Crippen LogP contribution in [-0.4, -0.2) is 5.91 Å². The second-order valence-corrected chi connectivity index (χ2v) is 4.74. The third-order valence-electron chi connectivity index (χ3n) is 3.17. The third kappa shape index (κ3) is 3.85. The van der Waals surface area contributed by atoms with Gasteiger partial charge < -0.3 is 10.6 Å². The number of hydrogen-bond donors (Lipinski definition) is 2. The van der Waals surface area contributed by atoms with Crippen LogP contribution >= 0.6 is 0 Å². The summed E-state index contributed by atoms with van der Waals surface area (Å²) >= 11 is 0. The Balaban J connectivity index is 2.04. The molecule has 0 aromatic heterocycles. The lowest BCUT2D eigenvalue weighted by molar-refractivity contribution is -0.114. The van der Waals surface area contributed by atoms with Crippen LogP contribution in [0.5, 0.6) is 0 Å². The minimum absolute atomic E-state index is 0.0512. The molecule has 0 radical (unpaired) electrons. The van der Waals surface area contributed by atoms with Crippen molar-refractivity contribution in [3.63, 3.8) is 0 Å². The summed E-state index contributed by atoms with van der Waals surface area (Å²) in [5.74, 6) is -0.0512. The molecule has 0 unspecified atom stereocenters. The average Bonchev–Trinajstić information content (AvgIpc) is 2.46. The van der Waals surface area contributed by atoms with E-state index in [0.717, 1.165) is 23.4 Å². The van der Waals surface area contributed by atoms with Crippen LogP contribution in [0.25, 0.3) is 0 Å². The number of para-hydroxylation sites is 1. The molecule has 0 aliphatic carbocycles. The Labute approximate surface area is 120 Å². The highest BCUT2D eigenvalue weighted by molar-refractivity contribution is 5.89. The van der Waals surface area contributed by atoms with Crippen molar-refractivity contribution in [3.05, 3.63) is 59.7 Å². The van der Waals surface area contributed by atoms with Crippen molar-refractivity contribution in [2.45, 2.75) is 26.8 Å². The molecule has 2 aromatic carbocycles. The van der Waals surface area contributed by atoms with Crippen LogP contribution in [0.2, 0.25) is 0 Å². The molecule has 0 spiro atoms. The molecule has 3 heteroatoms. The fourth-order valence-electron chi connectivity index (χ4n) is 2.04. The van der Waals surface area contributed by atoms with Crippen molar-refractivity contribution in [1.29, 1.82) is 0 Å². The Morgan fingerprint density at radius 1 is 1.05 bits per heavy atom. The molecule has 0 atom stereocenters. The topological polar surface area (TPSA) is 41.1 Å². The van der Waals surface area contributed by atoms with Crippen LogP contribution in [0.4, 0.5) is 11.4 Å². The van der Waals surface area contributed by atoms with E-state index in [1.807, 2.05) is 24.3 Å². The van der Waals surface area contributed by atoms with Crippen LogP contribution in [0.15, 0.2) is 48.5 Å². The predicted molar refractivity (Wildman–Crippen MR) is 83.9 cm³/mol. The van der Waals surface area contributed by atoms with E-state index in [4.69, 9.17) is 0 Å². The van der Waals surface area contributed by atoms with Crippen LogP contribution in [0, 0.1) is 0 Å². The molecule has 0 saturated heterocycles. The summed E-state index contributed by atoms with van der Waals surface area (Å²) in [6.07, 6.45) is 1.05. The first-order valence-electron chi connectivity index (χ1n) is 6.87. The van der Waals surface area contributed by atoms with Gasteiger partial charge in [-0.05, 0) is 35.7 Å². The number of carbonyl (C=O) groups excluding carboxylic acids is 1. The maximum absolute atomic E-state index is 11.2. The first-order chi connectivity index (χ1) is 9.69. The minimum Gasteiger partial charge on any atom is -0.381 e. The molecule has 0 aliphatic rings. The van der Waals surface area contributed by atoms with Crippen molar-refractivity contribution in [2.75, 3.05) is 10.6 Å². The summed E-state index contributed by atoms with van der Waals surface area (Å²) in [4.78, 5) is 11.2. The zero-order valence-electron chi connectivity index (χ0n) is 11.9. The van der Waals surface area contributed by atoms with Gasteiger partial charge in [-0.1, -0.05) is 37.3 Å². The maximum Gasteiger partial charge on any atom is 0.221 e. The molecule has 1 amide bonds. The van der Waals surface area contributed by atoms with E-state index in [-0.39, 0.29) is 5.91 Å². The summed E-state index contributed by atoms with van der Waals surface area (Å²) in [5, 5.41) is 6.22. The van der Waals surface area contributed by atoms with Gasteiger partial charge in [-0.3, -0.25) is 4.79 Å². The van der Waals surface area contributed by atoms with E-state index < -0.39 is 0 Å². The van der Waals surface area contributed by atoms with Crippen molar-refractivity contribution >= 4 is 17.3 Å². The van der Waals surface area contributed by atoms with Crippen molar-refractivity contribution in [2.24, 2.45) is 0 Å². The molecule has 0 saturated carbocycles. The minimum atomic E-state index is -0.0512. The summed E-state index contributed by atoms with van der Waals surface area (Å²) in [7, 11) is 0. The van der Waals surface area contributed by atoms with Gasteiger partial charge in [0.1, 0.15) is 0 Å². The Bertz CT molecular complexity index is 576. The van der Waals surface area contributed by atoms with Gasteiger partial charge in [-0.2, -0.15) is 0 Å². The van der Waals surface area contributed by atoms with E-state index in [1.54, 1.807) is 0 Å². The summed E-state index contributed by atoms with van der Waals surface area (Å²) in [6, 6.07) is 16.2. The second-order valence-electron chi connectivity index (χ2n) is 4.74. The molecule has 2 aromatic rings. The average molecular weight is 268 g/mol. The predicted octanol–water partition coefficient (Wildman–Crippen LogP) is 3.82. The number of carbonyl (C=O) groups is 1. The van der Waals surface area contributed by atoms with Crippen LogP contribution in [0.3, 0.4) is 0 Å². The van der Waals surface area contributed by atoms with E-state index in [0.29, 0.717) is 6.54 Å². The van der Waals surface area contributed by atoms with Crippen molar-refractivity contribution in [3.8, 4) is 0 Å². The van der Waals surface area contributed by atoms with Gasteiger partial charge in [0.2, 0.25) is 5.91 Å². The number of aryl methyl sites for hydroxylation is 1. The Morgan fingerprint density at radius 3 is 2.40 bits per heavy atom. The first-order valence-corrected chi connectivity index (χ1v) is 6.87. The van der Waals surface area contributed by atoms with Crippen molar-refractivity contribution < 1.29 is 4.79 Å². The lowest BCUT2D eigenvalue weighted by atomic mass is 10.1. The molecule has 3 nitrogen and oxygen atoms in total. The third-order valence-corrected chi connectivity index (χ3v) is 3.17. The van der Waals surface area contributed by atoms with E-state index in [9.17, 15) is 4.79 Å². The van der Waals surface area contributed by atoms with E-state index >= 15 is 0 Å². The molecule has 2 rings (SSSR count). The zero-order chi connectivity index (χ0) is 14.4. The highest BCUT2D eigenvalue weighted by Gasteiger charge is 2.03. The Hall–Kier alpha value is -2.29. The molecule has 0 bridgehead atoms. The summed E-state index contributed by atoms with van der Waals surface area (Å²) in [6.45, 7) is 4.35. The Kier molecular flexibility index (Phi) is 4.77. The molecule has 0 fully saturated rings. The molecule has 0 heterocycles. The van der Waals surface area contributed by atoms with Gasteiger partial charge >= 0.3 is 0 Å². The Morgan fingerprint density at radius 2 is 1.75 bits per heavy atom. The summed E-state index contributed by atoms with van der Waals surface area (Å²) < 4.78 is 0. The zero-order valence-corrected chi connectivity index (χ0v) is 11.9. The fourth-order valence-corrected chi connectivity index (χ4v) is 2.04. The number of amides is 1. The molecule has 20 heavy (non-hydrogen) atoms. The first kappa shape index (κ1) is 14.1. The lowest BCUT2D eigenvalue weighted by Gasteiger charge is -2.12. The van der Waals surface area contributed by atoms with Gasteiger partial charge in [-0.25, -0.2) is 0 Å². The van der Waals surface area contributed by atoms with E-state index in [1.165, 1.54) is 12.5 Å².